The van der Waals surface area contributed by atoms with Crippen LogP contribution >= 0.6 is 0 Å². The van der Waals surface area contributed by atoms with Crippen molar-refractivity contribution in [1.82, 2.24) is 0 Å². The molecule has 0 amide bonds. The van der Waals surface area contributed by atoms with E-state index in [2.05, 4.69) is 0 Å². The molecular weight excluding hydrogens is 2180 g/mol. The maximum Gasteiger partial charge on any atom is 0 e. The van der Waals surface area contributed by atoms with Crippen molar-refractivity contribution in [2.75, 3.05) is 52.9 Å². The molecule has 10 aromatic carbocycles. The fraction of sp³-hybridized carbons (Fsp3) is 0.211. The number of phenolic OH excluding ortho intramolecular Hbond substituents is 10. The van der Waals surface area contributed by atoms with E-state index >= 15 is 0 Å². The quantitative estimate of drug-likeness (QED) is 0.0671. The third-order valence-corrected chi connectivity index (χ3v) is 10.9. The zero-order valence-corrected chi connectivity index (χ0v) is 72.5. The molecule has 0 aromatic heterocycles. The van der Waals surface area contributed by atoms with Gasteiger partial charge in [-0.2, -0.15) is 0 Å². The molecule has 20 nitrogen and oxygen atoms in total. The van der Waals surface area contributed by atoms with Crippen molar-refractivity contribution in [3.63, 3.8) is 0 Å². The van der Waals surface area contributed by atoms with Crippen LogP contribution in [0, 0.1) is 115 Å². The molecule has 4 heterocycles. The van der Waals surface area contributed by atoms with Gasteiger partial charge in [-0.25, -0.2) is 0 Å². The molecule has 100 heavy (non-hydrogen) atoms. The van der Waals surface area contributed by atoms with Gasteiger partial charge in [-0.05, 0) is 173 Å². The van der Waals surface area contributed by atoms with E-state index in [9.17, 15) is 0 Å². The van der Waals surface area contributed by atoms with E-state index in [1.807, 2.05) is 60.7 Å². The monoisotopic (exact) mass is 2280 g/mol. The van der Waals surface area contributed by atoms with Crippen molar-refractivity contribution in [2.45, 2.75) is 51.4 Å². The molecule has 0 spiro atoms. The maximum atomic E-state index is 8.89. The van der Waals surface area contributed by atoms with Crippen LogP contribution in [0.5, 0.6) is 57.5 Å². The summed E-state index contributed by atoms with van der Waals surface area (Å²) in [5.74, 6) is 3.22. The van der Waals surface area contributed by atoms with E-state index in [0.29, 0.717) is 57.5 Å². The molecule has 4 saturated heterocycles. The first-order valence-corrected chi connectivity index (χ1v) is 41.4. The second-order valence-corrected chi connectivity index (χ2v) is 24.5. The summed E-state index contributed by atoms with van der Waals surface area (Å²) in [6, 6.07) is 87.1. The number of para-hydroxylation sites is 10. The number of hydrogen-bond donors (Lipinski definition) is 12. The first kappa shape index (κ1) is 99.7. The van der Waals surface area contributed by atoms with Gasteiger partial charge in [0.15, 0.2) is 0 Å². The summed E-state index contributed by atoms with van der Waals surface area (Å²) in [5.41, 5.74) is 0. The number of rotatable bonds is 0. The Balaban J connectivity index is -0.000000492. The van der Waals surface area contributed by atoms with Crippen LogP contribution in [0.3, 0.4) is 0 Å². The van der Waals surface area contributed by atoms with Gasteiger partial charge < -0.3 is 70.0 Å². The summed E-state index contributed by atoms with van der Waals surface area (Å²) >= 11 is -8.34. The Morgan fingerprint density at radius 1 is 0.210 bits per heavy atom. The van der Waals surface area contributed by atoms with Crippen molar-refractivity contribution in [2.24, 2.45) is 0 Å². The van der Waals surface area contributed by atoms with Crippen LogP contribution in [-0.2, 0) is 27.9 Å². The molecule has 10 aromatic rings. The van der Waals surface area contributed by atoms with Gasteiger partial charge in [-0.3, -0.25) is 0 Å². The molecule has 4 aliphatic heterocycles. The molecule has 0 radical (unpaired) electrons. The summed E-state index contributed by atoms with van der Waals surface area (Å²) < 4.78 is 69.1. The number of ether oxygens (including phenoxy) is 4. The van der Waals surface area contributed by atoms with Crippen molar-refractivity contribution < 1.29 is 200 Å². The molecule has 0 saturated carbocycles. The molecule has 0 aliphatic carbocycles. The Bertz CT molecular complexity index is 2640. The number of aromatic hydroxyl groups is 10. The average Bonchev–Trinajstić information content (AvgIpc) is 4.69. The van der Waals surface area contributed by atoms with Crippen molar-refractivity contribution in [1.29, 1.82) is 0 Å². The van der Waals surface area contributed by atoms with Gasteiger partial charge in [0.05, 0.1) is 0 Å². The van der Waals surface area contributed by atoms with E-state index in [4.69, 9.17) is 84.2 Å². The fourth-order valence-electron chi connectivity index (χ4n) is 6.32. The van der Waals surface area contributed by atoms with Gasteiger partial charge >= 0.3 is 67.4 Å². The SMILES string of the molecule is C1CCOC1.C1CCOC1.C1CCOC1.C1CCOC1.Oc1ccccc1.Oc1ccccc1.Oc1ccccc1.Oc1ccccc1.Oc1ccccc1.Oc1ccccc1.Oc1ccccc1.Oc1ccccc1.Oc1ccccc1.Oc1ccccc1.[O]=[U](=[O])([OH])[OH].[O]=[U]=[O].[U].[U]. The zero-order valence-electron chi connectivity index (χ0n) is 55.8. The third kappa shape index (κ3) is 85.6. The third-order valence-electron chi connectivity index (χ3n) is 10.9. The van der Waals surface area contributed by atoms with E-state index in [0.717, 1.165) is 52.9 Å². The van der Waals surface area contributed by atoms with Crippen molar-refractivity contribution >= 4 is 0 Å². The zero-order chi connectivity index (χ0) is 72.5. The first-order valence-electron chi connectivity index (χ1n) is 30.9. The Hall–Kier alpha value is -6.63. The molecule has 0 atom stereocenters. The van der Waals surface area contributed by atoms with Gasteiger partial charge in [0.2, 0.25) is 0 Å². The van der Waals surface area contributed by atoms with Crippen LogP contribution in [0.15, 0.2) is 303 Å². The second kappa shape index (κ2) is 76.5. The largest absolute Gasteiger partial charge is 0 e. The smallest absolute Gasteiger partial charge is 0 e. The van der Waals surface area contributed by atoms with Crippen LogP contribution < -0.4 is 0 Å². The van der Waals surface area contributed by atoms with Crippen LogP contribution in [0.2, 0.25) is 0 Å². The van der Waals surface area contributed by atoms with Crippen LogP contribution in [0.25, 0.3) is 0 Å². The molecule has 24 heteroatoms. The molecule has 0 bridgehead atoms. The van der Waals surface area contributed by atoms with Crippen LogP contribution in [-0.4, -0.2) is 109 Å². The minimum Gasteiger partial charge on any atom is 0 e. The molecule has 4 aliphatic rings. The van der Waals surface area contributed by atoms with E-state index in [1.54, 1.807) is 243 Å². The molecule has 4 fully saturated rings. The molecule has 14 rings (SSSR count). The second-order valence-electron chi connectivity index (χ2n) is 19.3. The van der Waals surface area contributed by atoms with E-state index < -0.39 is 53.2 Å². The Kier molecular flexibility index (Phi) is 76.3. The summed E-state index contributed by atoms with van der Waals surface area (Å²) in [7, 11) is 0. The topological polar surface area (TPSA) is 348 Å². The van der Waals surface area contributed by atoms with Gasteiger partial charge in [0, 0.05) is 115 Å². The Morgan fingerprint density at radius 3 is 0.310 bits per heavy atom. The van der Waals surface area contributed by atoms with E-state index in [1.165, 1.54) is 51.4 Å². The van der Waals surface area contributed by atoms with Gasteiger partial charge in [-0.1, -0.05) is 182 Å². The Morgan fingerprint density at radius 2 is 0.280 bits per heavy atom. The summed E-state index contributed by atoms with van der Waals surface area (Å²) in [6.07, 6.45) is 10.2. The van der Waals surface area contributed by atoms with Gasteiger partial charge in [0.25, 0.3) is 0 Å². The minimum atomic E-state index is -5.84. The number of hydrogen-bond acceptors (Lipinski definition) is 18. The van der Waals surface area contributed by atoms with E-state index in [-0.39, 0.29) is 62.2 Å². The fourth-order valence-corrected chi connectivity index (χ4v) is 6.32. The summed E-state index contributed by atoms with van der Waals surface area (Å²) in [6.45, 7) is 8.00. The Labute approximate surface area is 657 Å². The molecule has 12 N–H and O–H groups in total. The molecule has 534 valence electrons. The molecular formula is C76H94O20U4. The van der Waals surface area contributed by atoms with Crippen LogP contribution in [0.1, 0.15) is 51.4 Å². The van der Waals surface area contributed by atoms with Crippen molar-refractivity contribution in [3.05, 3.63) is 303 Å². The molecule has 0 unspecified atom stereocenters. The predicted octanol–water partition coefficient (Wildman–Crippen LogP) is 15.5. The first-order chi connectivity index (χ1) is 47.4. The number of benzene rings is 10. The van der Waals surface area contributed by atoms with Gasteiger partial charge in [-0.15, -0.1) is 0 Å². The minimum absolute atomic E-state index is 0. The average molecular weight is 2280 g/mol. The van der Waals surface area contributed by atoms with Crippen molar-refractivity contribution in [3.8, 4) is 57.5 Å². The predicted molar refractivity (Wildman–Crippen MR) is 368 cm³/mol. The summed E-state index contributed by atoms with van der Waals surface area (Å²) in [4.78, 5) is 0. The standard InChI is InChI=1S/10C6H6O.4C4H8O.2H2O.4O.4U/c10*7-6-4-2-1-3-5-6;4*1-2-4-5-3-1;;;;;;;;;;/h10*1-5,7H;4*1-4H2;2*1H2;;;;;;;;/q;;;;;;;;;;;;;;;;;;;;;;;+2/p-2. The summed E-state index contributed by atoms with van der Waals surface area (Å²) in [5, 5.41) is 86.3. The number of phenols is 10. The maximum absolute atomic E-state index is 8.89. The normalized spacial score (nSPS) is 11.5. The van der Waals surface area contributed by atoms with Gasteiger partial charge in [0.1, 0.15) is 57.5 Å². The van der Waals surface area contributed by atoms with Crippen LogP contribution in [0.4, 0.5) is 0 Å².